The molecule has 260 valence electrons. The van der Waals surface area contributed by atoms with Crippen molar-refractivity contribution in [2.45, 2.75) is 71.7 Å². The van der Waals surface area contributed by atoms with Gasteiger partial charge in [-0.25, -0.2) is 9.80 Å². The van der Waals surface area contributed by atoms with Crippen LogP contribution in [0.15, 0.2) is 59.1 Å². The molecule has 0 spiro atoms. The predicted octanol–water partition coefficient (Wildman–Crippen LogP) is 3.32. The zero-order valence-electron chi connectivity index (χ0n) is 28.4. The molecule has 0 fully saturated rings. The van der Waals surface area contributed by atoms with Gasteiger partial charge in [-0.05, 0) is 34.6 Å². The maximum Gasteiger partial charge on any atom is 0.407 e. The summed E-state index contributed by atoms with van der Waals surface area (Å²) >= 11 is 3.44. The first-order valence-corrected chi connectivity index (χ1v) is 16.4. The van der Waals surface area contributed by atoms with E-state index in [1.165, 1.54) is 14.2 Å². The van der Waals surface area contributed by atoms with E-state index in [9.17, 15) is 24.3 Å². The molecule has 0 aliphatic heterocycles. The minimum atomic E-state index is -1.96. The maximum atomic E-state index is 13.9. The van der Waals surface area contributed by atoms with Crippen LogP contribution < -0.4 is 21.4 Å². The number of hydrogen-bond donors (Lipinski definition) is 5. The summed E-state index contributed by atoms with van der Waals surface area (Å²) in [7, 11) is 2.75. The fourth-order valence-corrected chi connectivity index (χ4v) is 5.05. The molecule has 0 aromatic heterocycles. The highest BCUT2D eigenvalue weighted by Gasteiger charge is 2.40. The molecule has 2 aromatic carbocycles. The maximum absolute atomic E-state index is 13.9. The van der Waals surface area contributed by atoms with Gasteiger partial charge in [0.05, 0.1) is 13.7 Å². The Bertz CT molecular complexity index is 1300. The largest absolute Gasteiger partial charge is 0.453 e. The highest BCUT2D eigenvalue weighted by molar-refractivity contribution is 9.10. The van der Waals surface area contributed by atoms with Crippen molar-refractivity contribution in [3.05, 3.63) is 70.2 Å². The smallest absolute Gasteiger partial charge is 0.407 e. The lowest BCUT2D eigenvalue weighted by Crippen LogP contribution is -2.59. The summed E-state index contributed by atoms with van der Waals surface area (Å²) in [6, 6.07) is 14.7. The van der Waals surface area contributed by atoms with Gasteiger partial charge in [0.1, 0.15) is 17.7 Å². The zero-order chi connectivity index (χ0) is 35.2. The van der Waals surface area contributed by atoms with Gasteiger partial charge in [-0.15, -0.1) is 0 Å². The first-order valence-electron chi connectivity index (χ1n) is 15.6. The van der Waals surface area contributed by atoms with Gasteiger partial charge in [0.15, 0.2) is 0 Å². The third-order valence-corrected chi connectivity index (χ3v) is 8.06. The zero-order valence-corrected chi connectivity index (χ0v) is 30.0. The van der Waals surface area contributed by atoms with Crippen molar-refractivity contribution in [3.63, 3.8) is 0 Å². The summed E-state index contributed by atoms with van der Waals surface area (Å²) in [5, 5.41) is 21.8. The second-order valence-corrected chi connectivity index (χ2v) is 13.8. The average Bonchev–Trinajstić information content (AvgIpc) is 3.01. The van der Waals surface area contributed by atoms with Gasteiger partial charge in [0, 0.05) is 44.1 Å². The van der Waals surface area contributed by atoms with Gasteiger partial charge in [0.25, 0.3) is 11.8 Å². The monoisotopic (exact) mass is 719 g/mol. The quantitative estimate of drug-likeness (QED) is 0.123. The van der Waals surface area contributed by atoms with Crippen molar-refractivity contribution in [1.82, 2.24) is 26.4 Å². The molecular weight excluding hydrogens is 670 g/mol. The number of alkyl carbamates (subject to hydrolysis) is 1. The van der Waals surface area contributed by atoms with Gasteiger partial charge < -0.3 is 30.5 Å². The van der Waals surface area contributed by atoms with E-state index < -0.39 is 41.0 Å². The Kier molecular flexibility index (Phi) is 15.8. The van der Waals surface area contributed by atoms with E-state index in [4.69, 9.17) is 9.47 Å². The van der Waals surface area contributed by atoms with Crippen molar-refractivity contribution in [2.75, 3.05) is 33.9 Å². The van der Waals surface area contributed by atoms with Crippen molar-refractivity contribution >= 4 is 39.7 Å². The topological polar surface area (TPSA) is 158 Å². The number of ether oxygens (including phenoxy) is 2. The first-order chi connectivity index (χ1) is 22.1. The second-order valence-electron chi connectivity index (χ2n) is 12.9. The molecule has 0 saturated heterocycles. The fraction of sp³-hybridized carbons (Fsp3) is 0.529. The second kappa shape index (κ2) is 18.7. The normalized spacial score (nSPS) is 14.1. The number of benzene rings is 2. The van der Waals surface area contributed by atoms with Crippen LogP contribution in [0.1, 0.15) is 52.2 Å². The molecule has 3 atom stereocenters. The Morgan fingerprint density at radius 3 is 2.11 bits per heavy atom. The van der Waals surface area contributed by atoms with Crippen LogP contribution in [0.3, 0.4) is 0 Å². The average molecular weight is 721 g/mol. The SMILES string of the molecule is COCCNC(=O)[C@@H](NC(=O)[C@](O)(CCN(Cc1ccc(Br)cc1)NC(=O)[C@@H](NC(=O)OC)C(C)(C)C)Cc1ccccc1)C(C)C. The van der Waals surface area contributed by atoms with Crippen LogP contribution in [0.2, 0.25) is 0 Å². The number of nitrogens with zero attached hydrogens (tertiary/aromatic N) is 1. The summed E-state index contributed by atoms with van der Waals surface area (Å²) in [4.78, 5) is 52.6. The molecule has 0 bridgehead atoms. The minimum absolute atomic E-state index is 0.0373. The van der Waals surface area contributed by atoms with Crippen LogP contribution >= 0.6 is 15.9 Å². The molecule has 12 nitrogen and oxygen atoms in total. The fourth-order valence-electron chi connectivity index (χ4n) is 4.79. The van der Waals surface area contributed by atoms with Crippen LogP contribution in [0, 0.1) is 11.3 Å². The standard InChI is InChI=1S/C34H50BrN5O7/c1-23(2)27(29(41)36-18-20-46-6)37-31(43)34(45,21-24-11-9-8-10-12-24)17-19-40(22-25-13-15-26(35)16-14-25)39-30(42)28(33(3,4)5)38-32(44)47-7/h8-16,23,27-28,45H,17-22H2,1-7H3,(H,36,41)(H,37,43)(H,38,44)(H,39,42)/t27-,28+,34-/m0/s1. The Balaban J connectivity index is 2.41. The molecule has 0 aliphatic rings. The van der Waals surface area contributed by atoms with Gasteiger partial charge in [-0.2, -0.15) is 0 Å². The summed E-state index contributed by atoms with van der Waals surface area (Å²) < 4.78 is 10.6. The van der Waals surface area contributed by atoms with Crippen molar-refractivity contribution in [1.29, 1.82) is 0 Å². The lowest BCUT2D eigenvalue weighted by molar-refractivity contribution is -0.145. The third kappa shape index (κ3) is 13.3. The van der Waals surface area contributed by atoms with E-state index in [0.717, 1.165) is 15.6 Å². The number of hydrazine groups is 1. The van der Waals surface area contributed by atoms with Gasteiger partial charge in [0.2, 0.25) is 5.91 Å². The number of carbonyl (C=O) groups is 4. The molecule has 4 amide bonds. The third-order valence-electron chi connectivity index (χ3n) is 7.53. The van der Waals surface area contributed by atoms with Crippen LogP contribution in [0.25, 0.3) is 0 Å². The Labute approximate surface area is 286 Å². The van der Waals surface area contributed by atoms with Crippen LogP contribution in [-0.4, -0.2) is 85.5 Å². The summed E-state index contributed by atoms with van der Waals surface area (Å²) in [6.07, 6.45) is -0.894. The van der Waals surface area contributed by atoms with Crippen molar-refractivity contribution < 1.29 is 33.8 Å². The van der Waals surface area contributed by atoms with E-state index in [1.807, 2.05) is 75.4 Å². The van der Waals surface area contributed by atoms with Gasteiger partial charge in [-0.1, -0.05) is 93.0 Å². The van der Waals surface area contributed by atoms with E-state index in [0.29, 0.717) is 6.61 Å². The molecule has 0 heterocycles. The summed E-state index contributed by atoms with van der Waals surface area (Å²) in [6.45, 7) is 9.90. The molecule has 5 N–H and O–H groups in total. The molecule has 0 saturated carbocycles. The molecule has 13 heteroatoms. The van der Waals surface area contributed by atoms with E-state index in [-0.39, 0.29) is 44.3 Å². The number of methoxy groups -OCH3 is 2. The predicted molar refractivity (Wildman–Crippen MR) is 183 cm³/mol. The summed E-state index contributed by atoms with van der Waals surface area (Å²) in [5.41, 5.74) is 1.82. The van der Waals surface area contributed by atoms with Crippen LogP contribution in [0.4, 0.5) is 4.79 Å². The first kappa shape index (κ1) is 39.7. The molecule has 0 radical (unpaired) electrons. The van der Waals surface area contributed by atoms with Crippen LogP contribution in [0.5, 0.6) is 0 Å². The molecule has 0 unspecified atom stereocenters. The van der Waals surface area contributed by atoms with Gasteiger partial charge >= 0.3 is 6.09 Å². The Morgan fingerprint density at radius 1 is 0.915 bits per heavy atom. The van der Waals surface area contributed by atoms with E-state index in [1.54, 1.807) is 18.9 Å². The number of rotatable bonds is 17. The highest BCUT2D eigenvalue weighted by atomic mass is 79.9. The Morgan fingerprint density at radius 2 is 1.55 bits per heavy atom. The van der Waals surface area contributed by atoms with Crippen molar-refractivity contribution in [3.8, 4) is 0 Å². The molecule has 2 aromatic rings. The van der Waals surface area contributed by atoms with Gasteiger partial charge in [-0.3, -0.25) is 19.8 Å². The minimum Gasteiger partial charge on any atom is -0.453 e. The molecule has 0 aliphatic carbocycles. The lowest BCUT2D eigenvalue weighted by atomic mass is 9.86. The number of aliphatic hydroxyl groups is 1. The number of carbonyl (C=O) groups excluding carboxylic acids is 4. The van der Waals surface area contributed by atoms with E-state index >= 15 is 0 Å². The number of amides is 4. The Hall–Kier alpha value is -3.52. The highest BCUT2D eigenvalue weighted by Crippen LogP contribution is 2.23. The molecule has 2 rings (SSSR count). The molecular formula is C34H50BrN5O7. The molecule has 47 heavy (non-hydrogen) atoms. The van der Waals surface area contributed by atoms with Crippen LogP contribution in [-0.2, 0) is 36.8 Å². The number of hydrogen-bond acceptors (Lipinski definition) is 8. The summed E-state index contributed by atoms with van der Waals surface area (Å²) in [5.74, 6) is -1.87. The lowest BCUT2D eigenvalue weighted by Gasteiger charge is -2.35. The van der Waals surface area contributed by atoms with E-state index in [2.05, 4.69) is 37.3 Å². The van der Waals surface area contributed by atoms with Crippen molar-refractivity contribution in [2.24, 2.45) is 11.3 Å². The number of nitrogens with one attached hydrogen (secondary N) is 4. The number of halogens is 1.